The number of rotatable bonds is 8. The number of anilines is 1. The summed E-state index contributed by atoms with van der Waals surface area (Å²) in [6.45, 7) is 3.88. The molecule has 1 fully saturated rings. The van der Waals surface area contributed by atoms with Gasteiger partial charge in [-0.1, -0.05) is 34.8 Å². The van der Waals surface area contributed by atoms with Crippen molar-refractivity contribution < 1.29 is 18.7 Å². The third-order valence-corrected chi connectivity index (χ3v) is 5.73. The molecule has 34 heavy (non-hydrogen) atoms. The number of ether oxygens (including phenoxy) is 2. The number of hydrogen-bond acceptors (Lipinski definition) is 6. The molecular formula is C23H20Cl3FN4O3. The monoisotopic (exact) mass is 524 g/mol. The van der Waals surface area contributed by atoms with Crippen LogP contribution in [0.4, 0.5) is 10.1 Å². The van der Waals surface area contributed by atoms with Gasteiger partial charge in [-0.3, -0.25) is 9.69 Å². The highest BCUT2D eigenvalue weighted by atomic mass is 35.5. The Morgan fingerprint density at radius 1 is 1.21 bits per heavy atom. The molecule has 0 saturated carbocycles. The van der Waals surface area contributed by atoms with Crippen LogP contribution in [0, 0.1) is 5.82 Å². The van der Waals surface area contributed by atoms with E-state index in [0.717, 1.165) is 11.8 Å². The number of pyridine rings is 2. The smallest absolute Gasteiger partial charge is 0.255 e. The molecule has 1 aromatic carbocycles. The van der Waals surface area contributed by atoms with E-state index in [1.165, 1.54) is 18.3 Å². The number of nitrogens with one attached hydrogen (secondary N) is 1. The Labute approximate surface area is 210 Å². The summed E-state index contributed by atoms with van der Waals surface area (Å²) < 4.78 is 25.9. The summed E-state index contributed by atoms with van der Waals surface area (Å²) in [7, 11) is 0. The summed E-state index contributed by atoms with van der Waals surface area (Å²) in [5.41, 5.74) is 0.323. The molecule has 7 nitrogen and oxygen atoms in total. The second kappa shape index (κ2) is 10.7. The lowest BCUT2D eigenvalue weighted by molar-refractivity contribution is -0.00192. The number of hydrogen-bond donors (Lipinski definition) is 1. The van der Waals surface area contributed by atoms with Gasteiger partial charge in [-0.05, 0) is 43.3 Å². The topological polar surface area (TPSA) is 76.6 Å². The molecule has 11 heteroatoms. The average molecular weight is 526 g/mol. The molecule has 3 heterocycles. The lowest BCUT2D eigenvalue weighted by Crippen LogP contribution is -2.56. The molecule has 1 amide bonds. The van der Waals surface area contributed by atoms with E-state index in [1.54, 1.807) is 12.1 Å². The number of benzene rings is 1. The first kappa shape index (κ1) is 24.5. The van der Waals surface area contributed by atoms with Crippen molar-refractivity contribution in [2.24, 2.45) is 0 Å². The molecule has 178 valence electrons. The van der Waals surface area contributed by atoms with Gasteiger partial charge >= 0.3 is 0 Å². The zero-order chi connectivity index (χ0) is 24.2. The number of aromatic nitrogens is 2. The predicted octanol–water partition coefficient (Wildman–Crippen LogP) is 5.36. The molecule has 0 spiro atoms. The zero-order valence-corrected chi connectivity index (χ0v) is 20.2. The standard InChI is InChI=1S/C23H20Cl3FN4O3/c1-13(33-16-4-2-15(24)3-5-16)10-31-11-17(12-31)34-23-19(9-18(27)21(26)30-23)29-22(32)14-6-7-28-20(25)8-14/h2-9,13,17H,10-12H2,1H3,(H,29,32). The van der Waals surface area contributed by atoms with Gasteiger partial charge in [0, 0.05) is 42.5 Å². The molecule has 4 rings (SSSR count). The number of halogens is 4. The highest BCUT2D eigenvalue weighted by Gasteiger charge is 2.31. The highest BCUT2D eigenvalue weighted by molar-refractivity contribution is 6.30. The van der Waals surface area contributed by atoms with E-state index in [1.807, 2.05) is 19.1 Å². The Morgan fingerprint density at radius 3 is 2.65 bits per heavy atom. The molecule has 1 unspecified atom stereocenters. The zero-order valence-electron chi connectivity index (χ0n) is 18.0. The SMILES string of the molecule is CC(CN1CC(Oc2nc(Cl)c(F)cc2NC(=O)c2ccnc(Cl)c2)C1)Oc1ccc(Cl)cc1. The second-order valence-electron chi connectivity index (χ2n) is 7.78. The maximum Gasteiger partial charge on any atom is 0.255 e. The summed E-state index contributed by atoms with van der Waals surface area (Å²) in [5.74, 6) is -0.511. The lowest BCUT2D eigenvalue weighted by atomic mass is 10.1. The Bertz CT molecular complexity index is 1180. The van der Waals surface area contributed by atoms with Gasteiger partial charge in [0.1, 0.15) is 28.8 Å². The normalized spacial score (nSPS) is 14.9. The van der Waals surface area contributed by atoms with Crippen LogP contribution in [0.1, 0.15) is 17.3 Å². The van der Waals surface area contributed by atoms with Gasteiger partial charge in [-0.25, -0.2) is 9.37 Å². The van der Waals surface area contributed by atoms with E-state index in [9.17, 15) is 9.18 Å². The fourth-order valence-corrected chi connectivity index (χ4v) is 3.85. The molecule has 1 aliphatic rings. The van der Waals surface area contributed by atoms with Crippen LogP contribution in [-0.2, 0) is 0 Å². The van der Waals surface area contributed by atoms with E-state index in [4.69, 9.17) is 44.3 Å². The quantitative estimate of drug-likeness (QED) is 0.399. The number of carbonyl (C=O) groups is 1. The number of carbonyl (C=O) groups excluding carboxylic acids is 1. The van der Waals surface area contributed by atoms with Crippen molar-refractivity contribution in [1.82, 2.24) is 14.9 Å². The van der Waals surface area contributed by atoms with Crippen LogP contribution in [0.2, 0.25) is 15.3 Å². The maximum absolute atomic E-state index is 14.1. The van der Waals surface area contributed by atoms with Gasteiger partial charge in [0.25, 0.3) is 5.91 Å². The van der Waals surface area contributed by atoms with E-state index >= 15 is 0 Å². The van der Waals surface area contributed by atoms with Crippen molar-refractivity contribution in [1.29, 1.82) is 0 Å². The molecule has 1 saturated heterocycles. The summed E-state index contributed by atoms with van der Waals surface area (Å²) in [6, 6.07) is 11.1. The van der Waals surface area contributed by atoms with Gasteiger partial charge in [0.2, 0.25) is 5.88 Å². The predicted molar refractivity (Wildman–Crippen MR) is 129 cm³/mol. The minimum Gasteiger partial charge on any atom is -0.489 e. The van der Waals surface area contributed by atoms with Crippen molar-refractivity contribution in [3.05, 3.63) is 75.4 Å². The average Bonchev–Trinajstić information content (AvgIpc) is 2.77. The molecule has 1 aliphatic heterocycles. The largest absolute Gasteiger partial charge is 0.489 e. The molecule has 0 radical (unpaired) electrons. The van der Waals surface area contributed by atoms with Gasteiger partial charge in [0.15, 0.2) is 11.0 Å². The number of amides is 1. The van der Waals surface area contributed by atoms with E-state index < -0.39 is 11.7 Å². The summed E-state index contributed by atoms with van der Waals surface area (Å²) in [6.07, 6.45) is 1.14. The Morgan fingerprint density at radius 2 is 1.94 bits per heavy atom. The second-order valence-corrected chi connectivity index (χ2v) is 8.96. The minimum atomic E-state index is -0.777. The van der Waals surface area contributed by atoms with Crippen molar-refractivity contribution in [3.8, 4) is 11.6 Å². The lowest BCUT2D eigenvalue weighted by Gasteiger charge is -2.40. The molecule has 2 aromatic heterocycles. The third kappa shape index (κ3) is 6.27. The van der Waals surface area contributed by atoms with Crippen molar-refractivity contribution in [2.45, 2.75) is 19.1 Å². The summed E-state index contributed by atoms with van der Waals surface area (Å²) in [5, 5.41) is 3.06. The van der Waals surface area contributed by atoms with Gasteiger partial charge < -0.3 is 14.8 Å². The number of nitrogens with zero attached hydrogens (tertiary/aromatic N) is 3. The Kier molecular flexibility index (Phi) is 7.73. The summed E-state index contributed by atoms with van der Waals surface area (Å²) >= 11 is 17.6. The van der Waals surface area contributed by atoms with Crippen LogP contribution in [-0.4, -0.2) is 52.6 Å². The molecule has 0 aliphatic carbocycles. The van der Waals surface area contributed by atoms with Crippen molar-refractivity contribution >= 4 is 46.4 Å². The van der Waals surface area contributed by atoms with Crippen LogP contribution in [0.15, 0.2) is 48.7 Å². The first-order valence-corrected chi connectivity index (χ1v) is 11.5. The van der Waals surface area contributed by atoms with Gasteiger partial charge in [0.05, 0.1) is 0 Å². The van der Waals surface area contributed by atoms with Crippen LogP contribution < -0.4 is 14.8 Å². The third-order valence-electron chi connectivity index (χ3n) is 5.00. The van der Waals surface area contributed by atoms with Gasteiger partial charge in [-0.2, -0.15) is 4.98 Å². The maximum atomic E-state index is 14.1. The fraction of sp³-hybridized carbons (Fsp3) is 0.261. The first-order valence-electron chi connectivity index (χ1n) is 10.4. The van der Waals surface area contributed by atoms with E-state index in [-0.39, 0.29) is 39.6 Å². The van der Waals surface area contributed by atoms with E-state index in [2.05, 4.69) is 20.2 Å². The Balaban J connectivity index is 1.34. The fourth-order valence-electron chi connectivity index (χ4n) is 3.42. The highest BCUT2D eigenvalue weighted by Crippen LogP contribution is 2.30. The number of likely N-dealkylation sites (tertiary alicyclic amines) is 1. The van der Waals surface area contributed by atoms with E-state index in [0.29, 0.717) is 24.7 Å². The summed E-state index contributed by atoms with van der Waals surface area (Å²) in [4.78, 5) is 22.5. The minimum absolute atomic E-state index is 0.0371. The Hall–Kier alpha value is -2.65. The molecule has 3 aromatic rings. The van der Waals surface area contributed by atoms with Gasteiger partial charge in [-0.15, -0.1) is 0 Å². The van der Waals surface area contributed by atoms with Crippen molar-refractivity contribution in [2.75, 3.05) is 25.0 Å². The molecule has 1 atom stereocenters. The van der Waals surface area contributed by atoms with Crippen LogP contribution >= 0.6 is 34.8 Å². The van der Waals surface area contributed by atoms with Crippen LogP contribution in [0.25, 0.3) is 0 Å². The molecule has 1 N–H and O–H groups in total. The van der Waals surface area contributed by atoms with Crippen molar-refractivity contribution in [3.63, 3.8) is 0 Å². The molecular weight excluding hydrogens is 506 g/mol. The molecule has 0 bridgehead atoms. The van der Waals surface area contributed by atoms with Crippen LogP contribution in [0.5, 0.6) is 11.6 Å². The first-order chi connectivity index (χ1) is 16.3. The van der Waals surface area contributed by atoms with Crippen LogP contribution in [0.3, 0.4) is 0 Å².